The van der Waals surface area contributed by atoms with Crippen LogP contribution < -0.4 is 0 Å². The Bertz CT molecular complexity index is 525. The number of Topliss-reactive ketones (excluding diaryl/α,β-unsaturated/α-hetero) is 1. The van der Waals surface area contributed by atoms with Crippen molar-refractivity contribution in [2.45, 2.75) is 51.7 Å². The number of nitrogens with zero attached hydrogens (tertiary/aromatic N) is 2. The van der Waals surface area contributed by atoms with Crippen molar-refractivity contribution in [3.8, 4) is 0 Å². The lowest BCUT2D eigenvalue weighted by molar-refractivity contribution is -0.191. The molecule has 7 heteroatoms. The van der Waals surface area contributed by atoms with E-state index >= 15 is 0 Å². The summed E-state index contributed by atoms with van der Waals surface area (Å²) in [6.45, 7) is 3.62. The Labute approximate surface area is 126 Å². The molecule has 1 heterocycles. The van der Waals surface area contributed by atoms with Gasteiger partial charge in [0.25, 0.3) is 0 Å². The zero-order valence-electron chi connectivity index (χ0n) is 12.0. The molecule has 0 N–H and O–H groups in total. The smallest absolute Gasteiger partial charge is 0.292 e. The van der Waals surface area contributed by atoms with Gasteiger partial charge in [0.15, 0.2) is 5.78 Å². The van der Waals surface area contributed by atoms with Crippen LogP contribution in [-0.4, -0.2) is 21.7 Å². The highest BCUT2D eigenvalue weighted by molar-refractivity contribution is 6.33. The van der Waals surface area contributed by atoms with E-state index in [4.69, 9.17) is 11.6 Å². The maximum atomic E-state index is 13.1. The first kappa shape index (κ1) is 16.3. The molecular weight excluding hydrogens is 305 g/mol. The third kappa shape index (κ3) is 3.25. The van der Waals surface area contributed by atoms with Crippen molar-refractivity contribution in [3.05, 3.63) is 16.9 Å². The highest BCUT2D eigenvalue weighted by Crippen LogP contribution is 2.43. The molecule has 1 saturated carbocycles. The number of hydrogen-bond donors (Lipinski definition) is 0. The summed E-state index contributed by atoms with van der Waals surface area (Å²) in [4.78, 5) is 12.6. The van der Waals surface area contributed by atoms with Crippen LogP contribution in [0.5, 0.6) is 0 Å². The van der Waals surface area contributed by atoms with Crippen molar-refractivity contribution < 1.29 is 18.0 Å². The van der Waals surface area contributed by atoms with Gasteiger partial charge < -0.3 is 0 Å². The second-order valence-corrected chi connectivity index (χ2v) is 6.19. The van der Waals surface area contributed by atoms with E-state index in [1.54, 1.807) is 0 Å². The first-order chi connectivity index (χ1) is 9.73. The quantitative estimate of drug-likeness (QED) is 0.758. The van der Waals surface area contributed by atoms with Gasteiger partial charge in [-0.05, 0) is 26.7 Å². The summed E-state index contributed by atoms with van der Waals surface area (Å²) in [5, 5.41) is 4.13. The van der Waals surface area contributed by atoms with Crippen LogP contribution >= 0.6 is 11.6 Å². The van der Waals surface area contributed by atoms with E-state index in [1.807, 2.05) is 13.8 Å². The Morgan fingerprint density at radius 2 is 2.00 bits per heavy atom. The molecule has 3 nitrogen and oxygen atoms in total. The van der Waals surface area contributed by atoms with E-state index in [1.165, 1.54) is 10.9 Å². The van der Waals surface area contributed by atoms with Gasteiger partial charge in [-0.1, -0.05) is 24.4 Å². The minimum absolute atomic E-state index is 0.00728. The van der Waals surface area contributed by atoms with Gasteiger partial charge in [-0.25, -0.2) is 0 Å². The fourth-order valence-electron chi connectivity index (χ4n) is 2.98. The highest BCUT2D eigenvalue weighted by atomic mass is 35.5. The average molecular weight is 323 g/mol. The Kier molecular flexibility index (Phi) is 4.66. The second-order valence-electron chi connectivity index (χ2n) is 5.78. The largest absolute Gasteiger partial charge is 0.392 e. The van der Waals surface area contributed by atoms with Crippen molar-refractivity contribution in [2.24, 2.45) is 11.8 Å². The number of halogens is 4. The Hall–Kier alpha value is -1.04. The zero-order chi connectivity index (χ0) is 15.8. The van der Waals surface area contributed by atoms with Crippen LogP contribution in [0.3, 0.4) is 0 Å². The molecular formula is C14H18ClF3N2O. The molecule has 1 aliphatic carbocycles. The van der Waals surface area contributed by atoms with Crippen LogP contribution in [0.15, 0.2) is 6.20 Å². The lowest BCUT2D eigenvalue weighted by Gasteiger charge is -2.32. The lowest BCUT2D eigenvalue weighted by Crippen LogP contribution is -2.38. The standard InChI is InChI=1S/C14H18ClF3N2O/c1-8(2)20-12(11(15)7-19-20)13(21)9-5-3-4-6-10(9)14(16,17)18/h7-10H,3-6H2,1-2H3. The van der Waals surface area contributed by atoms with Gasteiger partial charge in [0.05, 0.1) is 17.1 Å². The molecule has 1 aromatic heterocycles. The molecule has 21 heavy (non-hydrogen) atoms. The van der Waals surface area contributed by atoms with E-state index < -0.39 is 23.8 Å². The summed E-state index contributed by atoms with van der Waals surface area (Å²) in [5.41, 5.74) is 0.104. The summed E-state index contributed by atoms with van der Waals surface area (Å²) < 4.78 is 40.8. The first-order valence-corrected chi connectivity index (χ1v) is 7.45. The van der Waals surface area contributed by atoms with Crippen molar-refractivity contribution in [1.29, 1.82) is 0 Å². The number of alkyl halides is 3. The fourth-order valence-corrected chi connectivity index (χ4v) is 3.20. The molecule has 1 fully saturated rings. The van der Waals surface area contributed by atoms with Crippen LogP contribution in [0, 0.1) is 11.8 Å². The minimum atomic E-state index is -4.35. The zero-order valence-corrected chi connectivity index (χ0v) is 12.7. The number of hydrogen-bond acceptors (Lipinski definition) is 2. The number of carbonyl (C=O) groups excluding carboxylic acids is 1. The van der Waals surface area contributed by atoms with E-state index in [-0.39, 0.29) is 29.6 Å². The Balaban J connectivity index is 2.36. The average Bonchev–Trinajstić information content (AvgIpc) is 2.79. The summed E-state index contributed by atoms with van der Waals surface area (Å²) in [5.74, 6) is -3.16. The normalized spacial score (nSPS) is 23.6. The molecule has 1 aliphatic rings. The van der Waals surface area contributed by atoms with E-state index in [9.17, 15) is 18.0 Å². The maximum Gasteiger partial charge on any atom is 0.392 e. The molecule has 118 valence electrons. The number of aromatic nitrogens is 2. The molecule has 2 unspecified atom stereocenters. The predicted octanol–water partition coefficient (Wildman–Crippen LogP) is 4.67. The molecule has 0 saturated heterocycles. The summed E-state index contributed by atoms with van der Waals surface area (Å²) in [6.07, 6.45) is -1.63. The van der Waals surface area contributed by atoms with Gasteiger partial charge in [0.1, 0.15) is 5.69 Å². The topological polar surface area (TPSA) is 34.9 Å². The molecule has 0 aliphatic heterocycles. The SMILES string of the molecule is CC(C)n1ncc(Cl)c1C(=O)C1CCCCC1C(F)(F)F. The third-order valence-corrected chi connectivity index (χ3v) is 4.27. The van der Waals surface area contributed by atoms with Crippen molar-refractivity contribution in [3.63, 3.8) is 0 Å². The van der Waals surface area contributed by atoms with E-state index in [2.05, 4.69) is 5.10 Å². The monoisotopic (exact) mass is 322 g/mol. The Morgan fingerprint density at radius 3 is 2.57 bits per heavy atom. The minimum Gasteiger partial charge on any atom is -0.292 e. The fraction of sp³-hybridized carbons (Fsp3) is 0.714. The van der Waals surface area contributed by atoms with Gasteiger partial charge in [0.2, 0.25) is 0 Å². The number of carbonyl (C=O) groups is 1. The van der Waals surface area contributed by atoms with Gasteiger partial charge >= 0.3 is 6.18 Å². The summed E-state index contributed by atoms with van der Waals surface area (Å²) >= 11 is 5.98. The van der Waals surface area contributed by atoms with Gasteiger partial charge in [-0.3, -0.25) is 9.48 Å². The molecule has 0 amide bonds. The van der Waals surface area contributed by atoms with Crippen LogP contribution in [0.4, 0.5) is 13.2 Å². The molecule has 2 rings (SSSR count). The van der Waals surface area contributed by atoms with Crippen LogP contribution in [0.2, 0.25) is 5.02 Å². The van der Waals surface area contributed by atoms with Crippen LogP contribution in [0.1, 0.15) is 56.1 Å². The van der Waals surface area contributed by atoms with Crippen LogP contribution in [0.25, 0.3) is 0 Å². The van der Waals surface area contributed by atoms with Crippen molar-refractivity contribution in [1.82, 2.24) is 9.78 Å². The lowest BCUT2D eigenvalue weighted by atomic mass is 9.75. The van der Waals surface area contributed by atoms with Crippen molar-refractivity contribution in [2.75, 3.05) is 0 Å². The number of ketones is 1. The summed E-state index contributed by atoms with van der Waals surface area (Å²) in [6, 6.07) is -0.135. The molecule has 0 aromatic carbocycles. The predicted molar refractivity (Wildman–Crippen MR) is 73.5 cm³/mol. The highest BCUT2D eigenvalue weighted by Gasteiger charge is 2.48. The number of rotatable bonds is 3. The molecule has 2 atom stereocenters. The molecule has 0 bridgehead atoms. The molecule has 0 spiro atoms. The molecule has 0 radical (unpaired) electrons. The van der Waals surface area contributed by atoms with E-state index in [0.29, 0.717) is 12.8 Å². The van der Waals surface area contributed by atoms with Gasteiger partial charge in [-0.2, -0.15) is 18.3 Å². The molecule has 1 aromatic rings. The van der Waals surface area contributed by atoms with Gasteiger partial charge in [0, 0.05) is 12.0 Å². The second kappa shape index (κ2) is 5.99. The van der Waals surface area contributed by atoms with Crippen LogP contribution in [-0.2, 0) is 0 Å². The van der Waals surface area contributed by atoms with Gasteiger partial charge in [-0.15, -0.1) is 0 Å². The Morgan fingerprint density at radius 1 is 1.38 bits per heavy atom. The summed E-state index contributed by atoms with van der Waals surface area (Å²) in [7, 11) is 0. The maximum absolute atomic E-state index is 13.1. The third-order valence-electron chi connectivity index (χ3n) is 4.00. The first-order valence-electron chi connectivity index (χ1n) is 7.07. The van der Waals surface area contributed by atoms with Crippen molar-refractivity contribution >= 4 is 17.4 Å². The van der Waals surface area contributed by atoms with E-state index in [0.717, 1.165) is 0 Å².